The first kappa shape index (κ1) is 13.2. The minimum atomic E-state index is -0.832. The van der Waals surface area contributed by atoms with Crippen LogP contribution >= 0.6 is 0 Å². The van der Waals surface area contributed by atoms with Gasteiger partial charge in [0.25, 0.3) is 5.91 Å². The summed E-state index contributed by atoms with van der Waals surface area (Å²) in [5.41, 5.74) is 2.41. The van der Waals surface area contributed by atoms with Crippen molar-refractivity contribution in [1.29, 1.82) is 5.26 Å². The molecule has 0 aliphatic carbocycles. The number of aliphatic hydroxyl groups excluding tert-OH is 1. The Kier molecular flexibility index (Phi) is 3.30. The van der Waals surface area contributed by atoms with E-state index in [1.54, 1.807) is 42.5 Å². The smallest absolute Gasteiger partial charge is 0.262 e. The van der Waals surface area contributed by atoms with Gasteiger partial charge in [0.15, 0.2) is 6.61 Å². The molecule has 0 aromatic heterocycles. The molecule has 1 atom stereocenters. The Labute approximate surface area is 121 Å². The van der Waals surface area contributed by atoms with E-state index >= 15 is 0 Å². The van der Waals surface area contributed by atoms with Crippen LogP contribution in [-0.2, 0) is 4.79 Å². The zero-order chi connectivity index (χ0) is 14.8. The van der Waals surface area contributed by atoms with Gasteiger partial charge in [-0.1, -0.05) is 18.2 Å². The maximum Gasteiger partial charge on any atom is 0.262 e. The summed E-state index contributed by atoms with van der Waals surface area (Å²) in [6, 6.07) is 13.9. The number of carbonyl (C=O) groups is 1. The SMILES string of the molecule is N#Cc1ccc(C(O)c2ccc3c(c2)NC(=O)CO3)cc1. The molecule has 0 saturated heterocycles. The molecular weight excluding hydrogens is 268 g/mol. The van der Waals surface area contributed by atoms with Crippen LogP contribution in [0.3, 0.4) is 0 Å². The Hall–Kier alpha value is -2.84. The second kappa shape index (κ2) is 5.27. The molecule has 0 bridgehead atoms. The summed E-state index contributed by atoms with van der Waals surface area (Å²) < 4.78 is 5.28. The molecule has 1 aliphatic heterocycles. The number of nitriles is 1. The predicted molar refractivity (Wildman–Crippen MR) is 75.8 cm³/mol. The van der Waals surface area contributed by atoms with Gasteiger partial charge in [0.05, 0.1) is 17.3 Å². The van der Waals surface area contributed by atoms with E-state index in [1.165, 1.54) is 0 Å². The van der Waals surface area contributed by atoms with E-state index in [2.05, 4.69) is 5.32 Å². The standard InChI is InChI=1S/C16H12N2O3/c17-8-10-1-3-11(4-2-10)16(20)12-5-6-14-13(7-12)18-15(19)9-21-14/h1-7,16,20H,9H2,(H,18,19). The summed E-state index contributed by atoms with van der Waals surface area (Å²) in [6.07, 6.45) is -0.832. The van der Waals surface area contributed by atoms with Crippen molar-refractivity contribution in [3.8, 4) is 11.8 Å². The Morgan fingerprint density at radius 2 is 1.90 bits per heavy atom. The van der Waals surface area contributed by atoms with E-state index in [9.17, 15) is 9.90 Å². The third kappa shape index (κ3) is 2.57. The second-order valence-corrected chi connectivity index (χ2v) is 4.73. The van der Waals surface area contributed by atoms with Crippen molar-refractivity contribution in [1.82, 2.24) is 0 Å². The molecule has 5 nitrogen and oxygen atoms in total. The summed E-state index contributed by atoms with van der Waals surface area (Å²) >= 11 is 0. The average molecular weight is 280 g/mol. The highest BCUT2D eigenvalue weighted by atomic mass is 16.5. The van der Waals surface area contributed by atoms with Gasteiger partial charge in [-0.15, -0.1) is 0 Å². The van der Waals surface area contributed by atoms with Crippen molar-refractivity contribution >= 4 is 11.6 Å². The molecule has 2 aromatic carbocycles. The molecule has 1 heterocycles. The predicted octanol–water partition coefficient (Wildman–Crippen LogP) is 1.97. The molecule has 1 amide bonds. The summed E-state index contributed by atoms with van der Waals surface area (Å²) in [5, 5.41) is 21.9. The zero-order valence-electron chi connectivity index (χ0n) is 11.0. The number of fused-ring (bicyclic) bond motifs is 1. The molecule has 2 aromatic rings. The summed E-state index contributed by atoms with van der Waals surface area (Å²) in [5.74, 6) is 0.373. The maximum absolute atomic E-state index is 11.3. The summed E-state index contributed by atoms with van der Waals surface area (Å²) in [7, 11) is 0. The largest absolute Gasteiger partial charge is 0.482 e. The normalized spacial score (nSPS) is 14.4. The Bertz CT molecular complexity index is 732. The van der Waals surface area contributed by atoms with E-state index in [0.717, 1.165) is 0 Å². The molecule has 2 N–H and O–H groups in total. The van der Waals surface area contributed by atoms with E-state index < -0.39 is 6.10 Å². The highest BCUT2D eigenvalue weighted by Gasteiger charge is 2.18. The number of nitrogens with one attached hydrogen (secondary N) is 1. The van der Waals surface area contributed by atoms with Gasteiger partial charge in [0, 0.05) is 0 Å². The first-order valence-corrected chi connectivity index (χ1v) is 6.42. The number of hydrogen-bond acceptors (Lipinski definition) is 4. The molecular formula is C16H12N2O3. The van der Waals surface area contributed by atoms with Gasteiger partial charge < -0.3 is 15.2 Å². The lowest BCUT2D eigenvalue weighted by Crippen LogP contribution is -2.25. The minimum Gasteiger partial charge on any atom is -0.482 e. The minimum absolute atomic E-state index is 0.00449. The Balaban J connectivity index is 1.90. The van der Waals surface area contributed by atoms with E-state index in [-0.39, 0.29) is 12.5 Å². The van der Waals surface area contributed by atoms with Crippen LogP contribution in [0, 0.1) is 11.3 Å². The van der Waals surface area contributed by atoms with Crippen LogP contribution in [0.5, 0.6) is 5.75 Å². The van der Waals surface area contributed by atoms with Gasteiger partial charge in [0.2, 0.25) is 0 Å². The van der Waals surface area contributed by atoms with Crippen LogP contribution in [0.2, 0.25) is 0 Å². The number of anilines is 1. The average Bonchev–Trinajstić information content (AvgIpc) is 2.53. The number of aliphatic hydroxyl groups is 1. The lowest BCUT2D eigenvalue weighted by Gasteiger charge is -2.20. The Morgan fingerprint density at radius 1 is 1.19 bits per heavy atom. The third-order valence-electron chi connectivity index (χ3n) is 3.31. The number of benzene rings is 2. The molecule has 1 aliphatic rings. The van der Waals surface area contributed by atoms with Crippen LogP contribution in [0.25, 0.3) is 0 Å². The fourth-order valence-corrected chi connectivity index (χ4v) is 2.20. The number of carbonyl (C=O) groups excluding carboxylic acids is 1. The van der Waals surface area contributed by atoms with E-state index in [0.29, 0.717) is 28.1 Å². The molecule has 0 radical (unpaired) electrons. The number of ether oxygens (including phenoxy) is 1. The molecule has 104 valence electrons. The van der Waals surface area contributed by atoms with Gasteiger partial charge in [-0.05, 0) is 35.4 Å². The molecule has 5 heteroatoms. The zero-order valence-corrected chi connectivity index (χ0v) is 11.0. The van der Waals surface area contributed by atoms with Crippen LogP contribution in [0.1, 0.15) is 22.8 Å². The fraction of sp³-hybridized carbons (Fsp3) is 0.125. The van der Waals surface area contributed by atoms with Crippen molar-refractivity contribution in [3.05, 3.63) is 59.2 Å². The highest BCUT2D eigenvalue weighted by molar-refractivity contribution is 5.95. The lowest BCUT2D eigenvalue weighted by molar-refractivity contribution is -0.118. The van der Waals surface area contributed by atoms with E-state index in [4.69, 9.17) is 10.00 Å². The van der Waals surface area contributed by atoms with Gasteiger partial charge in [-0.2, -0.15) is 5.26 Å². The molecule has 0 spiro atoms. The summed E-state index contributed by atoms with van der Waals surface area (Å²) in [4.78, 5) is 11.3. The fourth-order valence-electron chi connectivity index (χ4n) is 2.20. The number of rotatable bonds is 2. The molecule has 0 saturated carbocycles. The first-order valence-electron chi connectivity index (χ1n) is 6.42. The van der Waals surface area contributed by atoms with Crippen LogP contribution < -0.4 is 10.1 Å². The van der Waals surface area contributed by atoms with Crippen molar-refractivity contribution in [2.75, 3.05) is 11.9 Å². The number of amides is 1. The van der Waals surface area contributed by atoms with Crippen molar-refractivity contribution < 1.29 is 14.6 Å². The van der Waals surface area contributed by atoms with Crippen LogP contribution in [0.15, 0.2) is 42.5 Å². The second-order valence-electron chi connectivity index (χ2n) is 4.73. The first-order chi connectivity index (χ1) is 10.2. The quantitative estimate of drug-likeness (QED) is 0.881. The van der Waals surface area contributed by atoms with Gasteiger partial charge in [-0.25, -0.2) is 0 Å². The number of nitrogens with zero attached hydrogens (tertiary/aromatic N) is 1. The number of hydrogen-bond donors (Lipinski definition) is 2. The van der Waals surface area contributed by atoms with Gasteiger partial charge in [-0.3, -0.25) is 4.79 Å². The molecule has 0 fully saturated rings. The molecule has 21 heavy (non-hydrogen) atoms. The Morgan fingerprint density at radius 3 is 2.62 bits per heavy atom. The molecule has 3 rings (SSSR count). The van der Waals surface area contributed by atoms with Gasteiger partial charge in [0.1, 0.15) is 11.9 Å². The highest BCUT2D eigenvalue weighted by Crippen LogP contribution is 2.32. The maximum atomic E-state index is 11.3. The van der Waals surface area contributed by atoms with Crippen LogP contribution in [-0.4, -0.2) is 17.6 Å². The third-order valence-corrected chi connectivity index (χ3v) is 3.31. The lowest BCUT2D eigenvalue weighted by atomic mass is 9.99. The monoisotopic (exact) mass is 280 g/mol. The summed E-state index contributed by atoms with van der Waals surface area (Å²) in [6.45, 7) is 0.00449. The van der Waals surface area contributed by atoms with Crippen molar-refractivity contribution in [2.24, 2.45) is 0 Å². The topological polar surface area (TPSA) is 82.4 Å². The van der Waals surface area contributed by atoms with Crippen molar-refractivity contribution in [2.45, 2.75) is 6.10 Å². The van der Waals surface area contributed by atoms with Crippen molar-refractivity contribution in [3.63, 3.8) is 0 Å². The molecule has 1 unspecified atom stereocenters. The van der Waals surface area contributed by atoms with E-state index in [1.807, 2.05) is 6.07 Å². The van der Waals surface area contributed by atoms with Gasteiger partial charge >= 0.3 is 0 Å². The van der Waals surface area contributed by atoms with Crippen LogP contribution in [0.4, 0.5) is 5.69 Å².